The SMILES string of the molecule is C=Nc1ccccc1NCSCc1nccc(OCC2(C)OCCO2)c1C. The summed E-state index contributed by atoms with van der Waals surface area (Å²) < 4.78 is 17.1. The van der Waals surface area contributed by atoms with E-state index < -0.39 is 5.79 Å². The number of rotatable bonds is 9. The number of aliphatic imine (C=N–C) groups is 1. The van der Waals surface area contributed by atoms with E-state index >= 15 is 0 Å². The van der Waals surface area contributed by atoms with Gasteiger partial charge in [0.25, 0.3) is 0 Å². The van der Waals surface area contributed by atoms with Gasteiger partial charge in [-0.05, 0) is 38.8 Å². The van der Waals surface area contributed by atoms with Gasteiger partial charge in [-0.3, -0.25) is 9.98 Å². The lowest BCUT2D eigenvalue weighted by Gasteiger charge is -2.23. The Morgan fingerprint density at radius 1 is 1.30 bits per heavy atom. The average molecular weight is 388 g/mol. The maximum atomic E-state index is 5.94. The van der Waals surface area contributed by atoms with Gasteiger partial charge in [-0.2, -0.15) is 0 Å². The van der Waals surface area contributed by atoms with Crippen LogP contribution in [0.2, 0.25) is 0 Å². The van der Waals surface area contributed by atoms with Crippen molar-refractivity contribution < 1.29 is 14.2 Å². The Morgan fingerprint density at radius 3 is 2.85 bits per heavy atom. The van der Waals surface area contributed by atoms with E-state index in [0.29, 0.717) is 19.8 Å². The first kappa shape index (κ1) is 19.7. The Bertz CT molecular complexity index is 779. The van der Waals surface area contributed by atoms with Gasteiger partial charge in [0.05, 0.1) is 36.2 Å². The third-order valence-corrected chi connectivity index (χ3v) is 5.15. The molecule has 1 aliphatic rings. The summed E-state index contributed by atoms with van der Waals surface area (Å²) in [5, 5.41) is 3.37. The smallest absolute Gasteiger partial charge is 0.200 e. The molecule has 0 unspecified atom stereocenters. The number of ether oxygens (including phenoxy) is 3. The van der Waals surface area contributed by atoms with Crippen molar-refractivity contribution in [3.05, 3.63) is 47.8 Å². The highest BCUT2D eigenvalue weighted by Crippen LogP contribution is 2.27. The molecular weight excluding hydrogens is 362 g/mol. The zero-order valence-corrected chi connectivity index (χ0v) is 16.6. The molecule has 144 valence electrons. The van der Waals surface area contributed by atoms with Crippen LogP contribution in [0.15, 0.2) is 41.5 Å². The molecule has 27 heavy (non-hydrogen) atoms. The number of benzene rings is 1. The third kappa shape index (κ3) is 5.22. The van der Waals surface area contributed by atoms with Crippen molar-refractivity contribution >= 4 is 29.9 Å². The predicted octanol–water partition coefficient (Wildman–Crippen LogP) is 4.17. The van der Waals surface area contributed by atoms with Crippen LogP contribution in [0, 0.1) is 6.92 Å². The zero-order chi connectivity index (χ0) is 19.1. The van der Waals surface area contributed by atoms with E-state index in [1.54, 1.807) is 18.0 Å². The molecule has 0 spiro atoms. The highest BCUT2D eigenvalue weighted by Gasteiger charge is 2.32. The van der Waals surface area contributed by atoms with Crippen LogP contribution >= 0.6 is 11.8 Å². The average Bonchev–Trinajstić information content (AvgIpc) is 3.12. The second-order valence-electron chi connectivity index (χ2n) is 6.35. The van der Waals surface area contributed by atoms with E-state index in [0.717, 1.165) is 40.0 Å². The minimum Gasteiger partial charge on any atom is -0.488 e. The van der Waals surface area contributed by atoms with Crippen LogP contribution in [-0.4, -0.2) is 43.2 Å². The Kier molecular flexibility index (Phi) is 6.71. The van der Waals surface area contributed by atoms with Crippen LogP contribution in [0.1, 0.15) is 18.2 Å². The molecule has 0 radical (unpaired) electrons. The summed E-state index contributed by atoms with van der Waals surface area (Å²) in [5.41, 5.74) is 3.88. The van der Waals surface area contributed by atoms with Gasteiger partial charge in [0, 0.05) is 17.5 Å². The van der Waals surface area contributed by atoms with Gasteiger partial charge >= 0.3 is 0 Å². The molecule has 1 aromatic carbocycles. The van der Waals surface area contributed by atoms with E-state index in [9.17, 15) is 0 Å². The Balaban J connectivity index is 1.52. The van der Waals surface area contributed by atoms with Crippen molar-refractivity contribution in [2.75, 3.05) is 31.0 Å². The quantitative estimate of drug-likeness (QED) is 0.396. The van der Waals surface area contributed by atoms with Crippen molar-refractivity contribution in [3.8, 4) is 5.75 Å². The summed E-state index contributed by atoms with van der Waals surface area (Å²) in [7, 11) is 0. The summed E-state index contributed by atoms with van der Waals surface area (Å²) in [5.74, 6) is 1.68. The molecule has 2 heterocycles. The monoisotopic (exact) mass is 387 g/mol. The van der Waals surface area contributed by atoms with Gasteiger partial charge in [0.15, 0.2) is 5.79 Å². The number of aromatic nitrogens is 1. The number of nitrogens with one attached hydrogen (secondary N) is 1. The zero-order valence-electron chi connectivity index (χ0n) is 15.7. The van der Waals surface area contributed by atoms with E-state index in [-0.39, 0.29) is 0 Å². The molecule has 3 rings (SSSR count). The fourth-order valence-electron chi connectivity index (χ4n) is 2.75. The summed E-state index contributed by atoms with van der Waals surface area (Å²) in [6.07, 6.45) is 1.78. The van der Waals surface area contributed by atoms with E-state index in [1.165, 1.54) is 0 Å². The maximum Gasteiger partial charge on any atom is 0.200 e. The highest BCUT2D eigenvalue weighted by atomic mass is 32.2. The van der Waals surface area contributed by atoms with Gasteiger partial charge in [0.2, 0.25) is 0 Å². The summed E-state index contributed by atoms with van der Waals surface area (Å²) >= 11 is 1.75. The molecule has 0 saturated carbocycles. The van der Waals surface area contributed by atoms with E-state index in [4.69, 9.17) is 14.2 Å². The van der Waals surface area contributed by atoms with Crippen LogP contribution in [0.5, 0.6) is 5.75 Å². The third-order valence-electron chi connectivity index (χ3n) is 4.32. The summed E-state index contributed by atoms with van der Waals surface area (Å²) in [6.45, 7) is 9.10. The van der Waals surface area contributed by atoms with Gasteiger partial charge in [-0.15, -0.1) is 11.8 Å². The minimum absolute atomic E-state index is 0.358. The van der Waals surface area contributed by atoms with Gasteiger partial charge in [-0.1, -0.05) is 12.1 Å². The molecule has 7 heteroatoms. The number of hydrogen-bond acceptors (Lipinski definition) is 7. The molecule has 0 aliphatic carbocycles. The topological polar surface area (TPSA) is 65.0 Å². The lowest BCUT2D eigenvalue weighted by Crippen LogP contribution is -2.33. The van der Waals surface area contributed by atoms with Crippen molar-refractivity contribution in [2.24, 2.45) is 4.99 Å². The summed E-state index contributed by atoms with van der Waals surface area (Å²) in [6, 6.07) is 9.74. The Morgan fingerprint density at radius 2 is 2.07 bits per heavy atom. The highest BCUT2D eigenvalue weighted by molar-refractivity contribution is 7.98. The number of pyridine rings is 1. The predicted molar refractivity (Wildman–Crippen MR) is 110 cm³/mol. The second kappa shape index (κ2) is 9.21. The Hall–Kier alpha value is -2.09. The first-order valence-electron chi connectivity index (χ1n) is 8.84. The molecule has 0 amide bonds. The standard InChI is InChI=1S/C20H25N3O3S/c1-15-18(12-27-14-23-17-7-5-4-6-16(17)21-3)22-9-8-19(15)24-13-20(2)25-10-11-26-20/h4-9,23H,3,10-14H2,1-2H3. The van der Waals surface area contributed by atoms with Crippen LogP contribution in [-0.2, 0) is 15.2 Å². The number of hydrogen-bond donors (Lipinski definition) is 1. The molecule has 1 aromatic heterocycles. The molecule has 1 N–H and O–H groups in total. The van der Waals surface area contributed by atoms with E-state index in [2.05, 4.69) is 22.0 Å². The first-order valence-corrected chi connectivity index (χ1v) is 9.99. The van der Waals surface area contributed by atoms with Crippen molar-refractivity contribution in [1.82, 2.24) is 4.98 Å². The molecule has 1 saturated heterocycles. The maximum absolute atomic E-state index is 5.94. The summed E-state index contributed by atoms with van der Waals surface area (Å²) in [4.78, 5) is 8.52. The largest absolute Gasteiger partial charge is 0.488 e. The molecular formula is C20H25N3O3S. The second-order valence-corrected chi connectivity index (χ2v) is 7.33. The number of thioether (sulfide) groups is 1. The van der Waals surface area contributed by atoms with Crippen molar-refractivity contribution in [1.29, 1.82) is 0 Å². The van der Waals surface area contributed by atoms with Gasteiger partial charge < -0.3 is 19.5 Å². The molecule has 0 bridgehead atoms. The Labute approximate surface area is 164 Å². The first-order chi connectivity index (χ1) is 13.1. The molecule has 1 aliphatic heterocycles. The van der Waals surface area contributed by atoms with Crippen LogP contribution in [0.25, 0.3) is 0 Å². The molecule has 0 atom stereocenters. The number of nitrogens with zero attached hydrogens (tertiary/aromatic N) is 2. The van der Waals surface area contributed by atoms with Crippen LogP contribution < -0.4 is 10.1 Å². The van der Waals surface area contributed by atoms with Crippen molar-refractivity contribution in [2.45, 2.75) is 25.4 Å². The minimum atomic E-state index is -0.666. The van der Waals surface area contributed by atoms with E-state index in [1.807, 2.05) is 44.2 Å². The van der Waals surface area contributed by atoms with Crippen LogP contribution in [0.3, 0.4) is 0 Å². The normalized spacial score (nSPS) is 15.5. The number of anilines is 1. The van der Waals surface area contributed by atoms with Crippen LogP contribution in [0.4, 0.5) is 11.4 Å². The van der Waals surface area contributed by atoms with Gasteiger partial charge in [-0.25, -0.2) is 0 Å². The fraction of sp³-hybridized carbons (Fsp3) is 0.400. The molecule has 6 nitrogen and oxygen atoms in total. The van der Waals surface area contributed by atoms with Gasteiger partial charge in [0.1, 0.15) is 12.4 Å². The molecule has 1 fully saturated rings. The lowest BCUT2D eigenvalue weighted by molar-refractivity contribution is -0.162. The lowest BCUT2D eigenvalue weighted by atomic mass is 10.2. The number of para-hydroxylation sites is 2. The molecule has 2 aromatic rings. The fourth-order valence-corrected chi connectivity index (χ4v) is 3.59. The van der Waals surface area contributed by atoms with Crippen molar-refractivity contribution in [3.63, 3.8) is 0 Å².